The summed E-state index contributed by atoms with van der Waals surface area (Å²) in [6.07, 6.45) is 0.445. The minimum absolute atomic E-state index is 0.0856. The molecule has 0 aromatic heterocycles. The van der Waals surface area contributed by atoms with Crippen LogP contribution in [0.5, 0.6) is 5.75 Å². The molecule has 174 valence electrons. The van der Waals surface area contributed by atoms with Gasteiger partial charge in [-0.05, 0) is 60.9 Å². The fraction of sp³-hybridized carbons (Fsp3) is 0.208. The van der Waals surface area contributed by atoms with Crippen molar-refractivity contribution in [1.29, 1.82) is 0 Å². The van der Waals surface area contributed by atoms with Crippen LogP contribution in [0, 0.1) is 6.92 Å². The molecule has 3 aromatic carbocycles. The monoisotopic (exact) mass is 506 g/mol. The van der Waals surface area contributed by atoms with Crippen LogP contribution in [-0.4, -0.2) is 38.8 Å². The van der Waals surface area contributed by atoms with E-state index in [0.717, 1.165) is 9.87 Å². The highest BCUT2D eigenvalue weighted by Gasteiger charge is 2.27. The number of halogens is 2. The molecule has 0 spiro atoms. The Bertz CT molecular complexity index is 1230. The number of carbonyl (C=O) groups is 1. The van der Waals surface area contributed by atoms with Crippen molar-refractivity contribution in [2.24, 2.45) is 0 Å². The molecule has 33 heavy (non-hydrogen) atoms. The molecule has 0 saturated carbocycles. The van der Waals surface area contributed by atoms with Gasteiger partial charge in [-0.1, -0.05) is 53.5 Å². The van der Waals surface area contributed by atoms with Crippen molar-refractivity contribution in [2.45, 2.75) is 18.2 Å². The standard InChI is InChI=1S/C24H24Cl2N2O4S/c1-17-14-20(9-11-23(17)32-2)33(30,31)28(13-12-18-6-4-3-5-7-18)16-24(29)27-22-15-19(25)8-10-21(22)26/h3-11,14-15H,12-13,16H2,1-2H3,(H,27,29). The molecule has 1 N–H and O–H groups in total. The van der Waals surface area contributed by atoms with Crippen molar-refractivity contribution in [1.82, 2.24) is 4.31 Å². The lowest BCUT2D eigenvalue weighted by Crippen LogP contribution is -2.39. The van der Waals surface area contributed by atoms with Crippen molar-refractivity contribution in [3.8, 4) is 5.75 Å². The van der Waals surface area contributed by atoms with Gasteiger partial charge >= 0.3 is 0 Å². The fourth-order valence-electron chi connectivity index (χ4n) is 3.29. The number of amides is 1. The minimum atomic E-state index is -3.97. The maximum absolute atomic E-state index is 13.5. The highest BCUT2D eigenvalue weighted by atomic mass is 35.5. The van der Waals surface area contributed by atoms with Crippen LogP contribution in [0.25, 0.3) is 0 Å². The van der Waals surface area contributed by atoms with E-state index >= 15 is 0 Å². The molecule has 0 bridgehead atoms. The molecular weight excluding hydrogens is 483 g/mol. The van der Waals surface area contributed by atoms with Crippen LogP contribution in [0.1, 0.15) is 11.1 Å². The lowest BCUT2D eigenvalue weighted by molar-refractivity contribution is -0.116. The Morgan fingerprint density at radius 3 is 2.42 bits per heavy atom. The molecular formula is C24H24Cl2N2O4S. The quantitative estimate of drug-likeness (QED) is 0.433. The first-order valence-corrected chi connectivity index (χ1v) is 12.3. The molecule has 0 saturated heterocycles. The number of benzene rings is 3. The molecule has 3 rings (SSSR count). The van der Waals surface area contributed by atoms with Gasteiger partial charge < -0.3 is 10.1 Å². The van der Waals surface area contributed by atoms with E-state index in [4.69, 9.17) is 27.9 Å². The van der Waals surface area contributed by atoms with E-state index in [0.29, 0.717) is 33.5 Å². The first-order chi connectivity index (χ1) is 15.7. The number of carbonyl (C=O) groups excluding carboxylic acids is 1. The Labute approximate surface area is 204 Å². The summed E-state index contributed by atoms with van der Waals surface area (Å²) in [4.78, 5) is 12.9. The van der Waals surface area contributed by atoms with Crippen LogP contribution < -0.4 is 10.1 Å². The van der Waals surface area contributed by atoms with Gasteiger partial charge in [-0.3, -0.25) is 4.79 Å². The maximum atomic E-state index is 13.5. The first kappa shape index (κ1) is 25.1. The Kier molecular flexibility index (Phi) is 8.37. The summed E-state index contributed by atoms with van der Waals surface area (Å²) in [6.45, 7) is 1.50. The molecule has 0 aliphatic heterocycles. The van der Waals surface area contributed by atoms with E-state index in [1.807, 2.05) is 30.3 Å². The number of hydrogen-bond acceptors (Lipinski definition) is 4. The third-order valence-electron chi connectivity index (χ3n) is 5.02. The zero-order valence-electron chi connectivity index (χ0n) is 18.2. The topological polar surface area (TPSA) is 75.7 Å². The summed E-state index contributed by atoms with van der Waals surface area (Å²) in [5, 5.41) is 3.35. The van der Waals surface area contributed by atoms with Crippen LogP contribution in [0.15, 0.2) is 71.6 Å². The lowest BCUT2D eigenvalue weighted by atomic mass is 10.1. The molecule has 0 aliphatic rings. The smallest absolute Gasteiger partial charge is 0.243 e. The van der Waals surface area contributed by atoms with E-state index in [-0.39, 0.29) is 18.0 Å². The van der Waals surface area contributed by atoms with Crippen LogP contribution >= 0.6 is 23.2 Å². The first-order valence-electron chi connectivity index (χ1n) is 10.1. The van der Waals surface area contributed by atoms with Gasteiger partial charge in [0.15, 0.2) is 0 Å². The van der Waals surface area contributed by atoms with Gasteiger partial charge in [0.2, 0.25) is 15.9 Å². The van der Waals surface area contributed by atoms with Crippen molar-refractivity contribution < 1.29 is 17.9 Å². The highest BCUT2D eigenvalue weighted by Crippen LogP contribution is 2.26. The minimum Gasteiger partial charge on any atom is -0.496 e. The zero-order valence-corrected chi connectivity index (χ0v) is 20.5. The molecule has 3 aromatic rings. The molecule has 0 heterocycles. The van der Waals surface area contributed by atoms with Crippen molar-refractivity contribution in [3.05, 3.63) is 87.9 Å². The summed E-state index contributed by atoms with van der Waals surface area (Å²) in [7, 11) is -2.44. The maximum Gasteiger partial charge on any atom is 0.243 e. The molecule has 9 heteroatoms. The van der Waals surface area contributed by atoms with E-state index in [2.05, 4.69) is 5.32 Å². The van der Waals surface area contributed by atoms with Crippen LogP contribution in [0.2, 0.25) is 10.0 Å². The SMILES string of the molecule is COc1ccc(S(=O)(=O)N(CCc2ccccc2)CC(=O)Nc2cc(Cl)ccc2Cl)cc1C. The molecule has 0 atom stereocenters. The number of nitrogens with zero attached hydrogens (tertiary/aromatic N) is 1. The second-order valence-electron chi connectivity index (χ2n) is 7.38. The highest BCUT2D eigenvalue weighted by molar-refractivity contribution is 7.89. The van der Waals surface area contributed by atoms with E-state index < -0.39 is 15.9 Å². The van der Waals surface area contributed by atoms with Crippen molar-refractivity contribution in [2.75, 3.05) is 25.5 Å². The fourth-order valence-corrected chi connectivity index (χ4v) is 5.11. The van der Waals surface area contributed by atoms with E-state index in [1.54, 1.807) is 25.1 Å². The van der Waals surface area contributed by atoms with E-state index in [1.165, 1.54) is 25.3 Å². The predicted octanol–water partition coefficient (Wildman–Crippen LogP) is 5.18. The number of hydrogen-bond donors (Lipinski definition) is 1. The van der Waals surface area contributed by atoms with Gasteiger partial charge in [0.1, 0.15) is 5.75 Å². The van der Waals surface area contributed by atoms with Crippen LogP contribution in [0.3, 0.4) is 0 Å². The number of nitrogens with one attached hydrogen (secondary N) is 1. The number of aryl methyl sites for hydroxylation is 1. The summed E-state index contributed by atoms with van der Waals surface area (Å²) in [6, 6.07) is 18.8. The number of methoxy groups -OCH3 is 1. The van der Waals surface area contributed by atoms with Crippen molar-refractivity contribution in [3.63, 3.8) is 0 Å². The van der Waals surface area contributed by atoms with Gasteiger partial charge in [-0.25, -0.2) is 8.42 Å². The van der Waals surface area contributed by atoms with Crippen LogP contribution in [0.4, 0.5) is 5.69 Å². The van der Waals surface area contributed by atoms with Crippen LogP contribution in [-0.2, 0) is 21.2 Å². The number of rotatable bonds is 9. The molecule has 1 amide bonds. The normalized spacial score (nSPS) is 11.4. The Balaban J connectivity index is 1.87. The van der Waals surface area contributed by atoms with Gasteiger partial charge in [0.05, 0.1) is 29.3 Å². The Morgan fingerprint density at radius 1 is 1.03 bits per heavy atom. The third-order valence-corrected chi connectivity index (χ3v) is 7.43. The Morgan fingerprint density at radius 2 is 1.76 bits per heavy atom. The third kappa shape index (κ3) is 6.48. The zero-order chi connectivity index (χ0) is 24.0. The van der Waals surface area contributed by atoms with Gasteiger partial charge in [-0.2, -0.15) is 4.31 Å². The predicted molar refractivity (Wildman–Crippen MR) is 132 cm³/mol. The number of anilines is 1. The largest absolute Gasteiger partial charge is 0.496 e. The second-order valence-corrected chi connectivity index (χ2v) is 10.2. The van der Waals surface area contributed by atoms with Crippen molar-refractivity contribution >= 4 is 44.8 Å². The molecule has 0 aliphatic carbocycles. The molecule has 6 nitrogen and oxygen atoms in total. The number of ether oxygens (including phenoxy) is 1. The average Bonchev–Trinajstić information content (AvgIpc) is 2.79. The van der Waals surface area contributed by atoms with Gasteiger partial charge in [-0.15, -0.1) is 0 Å². The summed E-state index contributed by atoms with van der Waals surface area (Å²) in [5.74, 6) is 0.0548. The van der Waals surface area contributed by atoms with Gasteiger partial charge in [0, 0.05) is 11.6 Å². The van der Waals surface area contributed by atoms with Gasteiger partial charge in [0.25, 0.3) is 0 Å². The van der Waals surface area contributed by atoms with E-state index in [9.17, 15) is 13.2 Å². The molecule has 0 radical (unpaired) electrons. The summed E-state index contributed by atoms with van der Waals surface area (Å²) < 4.78 is 33.3. The molecule has 0 unspecified atom stereocenters. The second kappa shape index (κ2) is 11.0. The Hall–Kier alpha value is -2.58. The lowest BCUT2D eigenvalue weighted by Gasteiger charge is -2.22. The molecule has 0 fully saturated rings. The summed E-state index contributed by atoms with van der Waals surface area (Å²) in [5.41, 5.74) is 1.95. The average molecular weight is 507 g/mol. The number of sulfonamides is 1. The summed E-state index contributed by atoms with van der Waals surface area (Å²) >= 11 is 12.1.